The molecule has 0 bridgehead atoms. The normalized spacial score (nSPS) is 10.1. The van der Waals surface area contributed by atoms with Crippen LogP contribution in [0.2, 0.25) is 0 Å². The zero-order chi connectivity index (χ0) is 9.80. The van der Waals surface area contributed by atoms with E-state index in [0.717, 1.165) is 12.0 Å². The van der Waals surface area contributed by atoms with E-state index in [1.165, 1.54) is 11.1 Å². The van der Waals surface area contributed by atoms with Crippen molar-refractivity contribution in [2.75, 3.05) is 0 Å². The standard InChI is InChI=1S/C14H13/c1-12-7-9-14(10-8-12)11-13-5-3-2-4-6-13/h2-10H,1,11H2. The predicted octanol–water partition coefficient (Wildman–Crippen LogP) is 3.46. The average molecular weight is 181 g/mol. The smallest absolute Gasteiger partial charge is 0.00258 e. The van der Waals surface area contributed by atoms with Crippen LogP contribution in [0.1, 0.15) is 16.7 Å². The zero-order valence-corrected chi connectivity index (χ0v) is 8.11. The highest BCUT2D eigenvalue weighted by Gasteiger charge is 1.94. The molecule has 0 heteroatoms. The van der Waals surface area contributed by atoms with Crippen molar-refractivity contribution in [3.05, 3.63) is 78.2 Å². The van der Waals surface area contributed by atoms with E-state index in [0.29, 0.717) is 0 Å². The molecule has 0 amide bonds. The molecule has 0 nitrogen and oxygen atoms in total. The Morgan fingerprint density at radius 2 is 1.29 bits per heavy atom. The summed E-state index contributed by atoms with van der Waals surface area (Å²) in [6.07, 6.45) is 1.00. The molecule has 0 fully saturated rings. The molecule has 69 valence electrons. The van der Waals surface area contributed by atoms with E-state index in [1.807, 2.05) is 6.07 Å². The van der Waals surface area contributed by atoms with E-state index >= 15 is 0 Å². The summed E-state index contributed by atoms with van der Waals surface area (Å²) in [5.41, 5.74) is 3.76. The van der Waals surface area contributed by atoms with Crippen molar-refractivity contribution < 1.29 is 0 Å². The second-order valence-corrected chi connectivity index (χ2v) is 3.48. The van der Waals surface area contributed by atoms with Crippen molar-refractivity contribution in [1.82, 2.24) is 0 Å². The SMILES string of the molecule is [CH2]c1ccc(Cc2ccccc2)cc1. The summed E-state index contributed by atoms with van der Waals surface area (Å²) in [6, 6.07) is 18.9. The first kappa shape index (κ1) is 9.01. The van der Waals surface area contributed by atoms with E-state index in [4.69, 9.17) is 0 Å². The highest BCUT2D eigenvalue weighted by molar-refractivity contribution is 5.29. The van der Waals surface area contributed by atoms with Gasteiger partial charge in [0.1, 0.15) is 0 Å². The summed E-state index contributed by atoms with van der Waals surface area (Å²) in [6.45, 7) is 3.87. The lowest BCUT2D eigenvalue weighted by molar-refractivity contribution is 1.19. The molecule has 2 rings (SSSR count). The van der Waals surface area contributed by atoms with Gasteiger partial charge in [0, 0.05) is 0 Å². The molecule has 14 heavy (non-hydrogen) atoms. The molecule has 0 heterocycles. The number of rotatable bonds is 2. The van der Waals surface area contributed by atoms with Gasteiger partial charge < -0.3 is 0 Å². The largest absolute Gasteiger partial charge is 0.0622 e. The minimum atomic E-state index is 1.00. The molecule has 0 aliphatic rings. The van der Waals surface area contributed by atoms with Crippen LogP contribution in [0.25, 0.3) is 0 Å². The van der Waals surface area contributed by atoms with Crippen LogP contribution in [-0.2, 0) is 6.42 Å². The first-order chi connectivity index (χ1) is 6.84. The minimum Gasteiger partial charge on any atom is -0.0622 e. The first-order valence-corrected chi connectivity index (χ1v) is 4.79. The summed E-state index contributed by atoms with van der Waals surface area (Å²) in [4.78, 5) is 0. The molecule has 1 radical (unpaired) electrons. The topological polar surface area (TPSA) is 0 Å². The molecular formula is C14H13. The van der Waals surface area contributed by atoms with Gasteiger partial charge in [0.2, 0.25) is 0 Å². The Labute approximate surface area is 85.2 Å². The Morgan fingerprint density at radius 1 is 0.714 bits per heavy atom. The molecule has 0 aromatic heterocycles. The van der Waals surface area contributed by atoms with Gasteiger partial charge in [-0.15, -0.1) is 0 Å². The highest BCUT2D eigenvalue weighted by Crippen LogP contribution is 2.09. The van der Waals surface area contributed by atoms with E-state index in [1.54, 1.807) is 0 Å². The summed E-state index contributed by atoms with van der Waals surface area (Å²) >= 11 is 0. The summed E-state index contributed by atoms with van der Waals surface area (Å²) in [7, 11) is 0. The van der Waals surface area contributed by atoms with Gasteiger partial charge in [-0.05, 0) is 30.0 Å². The lowest BCUT2D eigenvalue weighted by Crippen LogP contribution is -1.86. The van der Waals surface area contributed by atoms with Gasteiger partial charge in [-0.3, -0.25) is 0 Å². The van der Waals surface area contributed by atoms with Crippen molar-refractivity contribution >= 4 is 0 Å². The Morgan fingerprint density at radius 3 is 1.93 bits per heavy atom. The lowest BCUT2D eigenvalue weighted by Gasteiger charge is -2.01. The van der Waals surface area contributed by atoms with Crippen LogP contribution in [0.15, 0.2) is 54.6 Å². The van der Waals surface area contributed by atoms with Gasteiger partial charge in [0.15, 0.2) is 0 Å². The van der Waals surface area contributed by atoms with Crippen molar-refractivity contribution in [3.8, 4) is 0 Å². The van der Waals surface area contributed by atoms with Crippen LogP contribution in [0, 0.1) is 6.92 Å². The summed E-state index contributed by atoms with van der Waals surface area (Å²) < 4.78 is 0. The molecule has 2 aromatic rings. The molecule has 0 aliphatic heterocycles. The van der Waals surface area contributed by atoms with Gasteiger partial charge >= 0.3 is 0 Å². The number of hydrogen-bond donors (Lipinski definition) is 0. The van der Waals surface area contributed by atoms with E-state index in [9.17, 15) is 0 Å². The lowest BCUT2D eigenvalue weighted by atomic mass is 10.0. The molecule has 0 spiro atoms. The van der Waals surface area contributed by atoms with Crippen LogP contribution in [0.3, 0.4) is 0 Å². The quantitative estimate of drug-likeness (QED) is 0.665. The fourth-order valence-electron chi connectivity index (χ4n) is 1.49. The van der Waals surface area contributed by atoms with Crippen molar-refractivity contribution in [2.24, 2.45) is 0 Å². The van der Waals surface area contributed by atoms with E-state index in [2.05, 4.69) is 55.5 Å². The van der Waals surface area contributed by atoms with Gasteiger partial charge in [-0.2, -0.15) is 0 Å². The molecule has 2 aromatic carbocycles. The fourth-order valence-corrected chi connectivity index (χ4v) is 1.49. The minimum absolute atomic E-state index is 1.00. The predicted molar refractivity (Wildman–Crippen MR) is 60.1 cm³/mol. The average Bonchev–Trinajstić information content (AvgIpc) is 2.23. The number of hydrogen-bond acceptors (Lipinski definition) is 0. The highest BCUT2D eigenvalue weighted by atomic mass is 14.0. The maximum absolute atomic E-state index is 3.87. The summed E-state index contributed by atoms with van der Waals surface area (Å²) in [5.74, 6) is 0. The molecular weight excluding hydrogens is 168 g/mol. The maximum atomic E-state index is 3.87. The van der Waals surface area contributed by atoms with Crippen LogP contribution in [0.4, 0.5) is 0 Å². The van der Waals surface area contributed by atoms with Crippen LogP contribution in [0.5, 0.6) is 0 Å². The monoisotopic (exact) mass is 181 g/mol. The molecule has 0 saturated heterocycles. The second kappa shape index (κ2) is 4.10. The molecule has 0 saturated carbocycles. The molecule has 0 atom stereocenters. The van der Waals surface area contributed by atoms with E-state index < -0.39 is 0 Å². The third-order valence-corrected chi connectivity index (χ3v) is 2.27. The Hall–Kier alpha value is -1.56. The number of benzene rings is 2. The van der Waals surface area contributed by atoms with Gasteiger partial charge in [0.05, 0.1) is 0 Å². The molecule has 0 unspecified atom stereocenters. The fraction of sp³-hybridized carbons (Fsp3) is 0.0714. The Bertz CT molecular complexity index is 384. The van der Waals surface area contributed by atoms with E-state index in [-0.39, 0.29) is 0 Å². The third-order valence-electron chi connectivity index (χ3n) is 2.27. The van der Waals surface area contributed by atoms with Crippen LogP contribution < -0.4 is 0 Å². The van der Waals surface area contributed by atoms with Crippen LogP contribution >= 0.6 is 0 Å². The van der Waals surface area contributed by atoms with Gasteiger partial charge in [0.25, 0.3) is 0 Å². The third kappa shape index (κ3) is 2.23. The second-order valence-electron chi connectivity index (χ2n) is 3.48. The van der Waals surface area contributed by atoms with Gasteiger partial charge in [-0.1, -0.05) is 54.6 Å². The Balaban J connectivity index is 2.16. The van der Waals surface area contributed by atoms with Crippen molar-refractivity contribution in [2.45, 2.75) is 6.42 Å². The maximum Gasteiger partial charge on any atom is -0.00258 e. The molecule has 0 aliphatic carbocycles. The van der Waals surface area contributed by atoms with Crippen molar-refractivity contribution in [1.29, 1.82) is 0 Å². The van der Waals surface area contributed by atoms with Crippen LogP contribution in [-0.4, -0.2) is 0 Å². The summed E-state index contributed by atoms with van der Waals surface area (Å²) in [5, 5.41) is 0. The zero-order valence-electron chi connectivity index (χ0n) is 8.11. The Kier molecular flexibility index (Phi) is 2.64. The molecule has 0 N–H and O–H groups in total. The first-order valence-electron chi connectivity index (χ1n) is 4.79. The van der Waals surface area contributed by atoms with Gasteiger partial charge in [-0.25, -0.2) is 0 Å². The van der Waals surface area contributed by atoms with Crippen molar-refractivity contribution in [3.63, 3.8) is 0 Å².